The number of ether oxygens (including phenoxy) is 1. The van der Waals surface area contributed by atoms with Crippen molar-refractivity contribution >= 4 is 5.82 Å². The van der Waals surface area contributed by atoms with E-state index in [0.717, 1.165) is 24.5 Å². The topological polar surface area (TPSA) is 53.1 Å². The van der Waals surface area contributed by atoms with E-state index in [1.54, 1.807) is 0 Å². The van der Waals surface area contributed by atoms with Gasteiger partial charge in [-0.15, -0.1) is 0 Å². The number of nitrogens with zero attached hydrogens (tertiary/aromatic N) is 2. The minimum absolute atomic E-state index is 0.575. The molecule has 0 unspecified atom stereocenters. The summed E-state index contributed by atoms with van der Waals surface area (Å²) in [6, 6.07) is 0.575. The quantitative estimate of drug-likeness (QED) is 0.696. The molecule has 0 amide bonds. The maximum Gasteiger partial charge on any atom is 0.125 e. The van der Waals surface area contributed by atoms with Gasteiger partial charge in [-0.25, -0.2) is 4.68 Å². The second-order valence-corrected chi connectivity index (χ2v) is 3.79. The lowest BCUT2D eigenvalue weighted by Gasteiger charge is -2.10. The van der Waals surface area contributed by atoms with E-state index in [4.69, 9.17) is 10.5 Å². The summed E-state index contributed by atoms with van der Waals surface area (Å²) < 4.78 is 7.32. The molecule has 1 fully saturated rings. The van der Waals surface area contributed by atoms with E-state index in [9.17, 15) is 0 Å². The minimum atomic E-state index is 0.575. The Kier molecular flexibility index (Phi) is 1.41. The van der Waals surface area contributed by atoms with Gasteiger partial charge in [-0.2, -0.15) is 5.10 Å². The zero-order chi connectivity index (χ0) is 8.84. The highest BCUT2D eigenvalue weighted by atomic mass is 16.5. The molecule has 1 aromatic rings. The van der Waals surface area contributed by atoms with Gasteiger partial charge in [0.05, 0.1) is 24.9 Å². The van der Waals surface area contributed by atoms with E-state index >= 15 is 0 Å². The standard InChI is InChI=1S/C9H13N3O/c10-9-7-3-4-13-5-8(7)11-12(9)6-1-2-6/h6H,1-5,10H2. The number of nitrogen functional groups attached to an aromatic ring is 1. The number of hydrogen-bond acceptors (Lipinski definition) is 3. The first-order valence-electron chi connectivity index (χ1n) is 4.80. The van der Waals surface area contributed by atoms with E-state index in [0.29, 0.717) is 12.6 Å². The van der Waals surface area contributed by atoms with Crippen LogP contribution in [0.5, 0.6) is 0 Å². The van der Waals surface area contributed by atoms with Crippen LogP contribution in [-0.2, 0) is 17.8 Å². The van der Waals surface area contributed by atoms with E-state index in [2.05, 4.69) is 5.10 Å². The number of rotatable bonds is 1. The van der Waals surface area contributed by atoms with Crippen LogP contribution >= 0.6 is 0 Å². The first-order chi connectivity index (χ1) is 6.36. The Balaban J connectivity index is 2.06. The van der Waals surface area contributed by atoms with Gasteiger partial charge in [-0.05, 0) is 12.8 Å². The van der Waals surface area contributed by atoms with Gasteiger partial charge in [0, 0.05) is 12.0 Å². The number of aromatic nitrogens is 2. The largest absolute Gasteiger partial charge is 0.384 e. The molecule has 70 valence electrons. The summed E-state index contributed by atoms with van der Waals surface area (Å²) in [6.45, 7) is 1.42. The number of nitrogens with two attached hydrogens (primary N) is 1. The molecule has 0 spiro atoms. The third-order valence-electron chi connectivity index (χ3n) is 2.76. The first-order valence-corrected chi connectivity index (χ1v) is 4.80. The van der Waals surface area contributed by atoms with E-state index < -0.39 is 0 Å². The minimum Gasteiger partial charge on any atom is -0.384 e. The molecule has 13 heavy (non-hydrogen) atoms. The van der Waals surface area contributed by atoms with Crippen LogP contribution in [-0.4, -0.2) is 16.4 Å². The fourth-order valence-corrected chi connectivity index (χ4v) is 1.86. The van der Waals surface area contributed by atoms with Gasteiger partial charge >= 0.3 is 0 Å². The van der Waals surface area contributed by atoms with Gasteiger partial charge < -0.3 is 10.5 Å². The predicted octanol–water partition coefficient (Wildman–Crippen LogP) is 0.873. The molecule has 2 aliphatic rings. The van der Waals surface area contributed by atoms with Crippen LogP contribution in [0.4, 0.5) is 5.82 Å². The Morgan fingerprint density at radius 1 is 1.46 bits per heavy atom. The molecule has 0 radical (unpaired) electrons. The average Bonchev–Trinajstić information content (AvgIpc) is 2.94. The molecule has 3 rings (SSSR count). The molecule has 0 aromatic carbocycles. The van der Waals surface area contributed by atoms with Crippen LogP contribution in [0.25, 0.3) is 0 Å². The number of fused-ring (bicyclic) bond motifs is 1. The summed E-state index contributed by atoms with van der Waals surface area (Å²) in [6.07, 6.45) is 3.38. The predicted molar refractivity (Wildman–Crippen MR) is 48.3 cm³/mol. The van der Waals surface area contributed by atoms with Crippen LogP contribution in [0.1, 0.15) is 30.1 Å². The molecule has 2 N–H and O–H groups in total. The maximum absolute atomic E-state index is 6.01. The second kappa shape index (κ2) is 2.48. The Bertz CT molecular complexity index is 341. The monoisotopic (exact) mass is 179 g/mol. The lowest BCUT2D eigenvalue weighted by atomic mass is 10.1. The van der Waals surface area contributed by atoms with Crippen molar-refractivity contribution in [2.24, 2.45) is 0 Å². The summed E-state index contributed by atoms with van der Waals surface area (Å²) in [5, 5.41) is 4.48. The highest BCUT2D eigenvalue weighted by molar-refractivity contribution is 5.45. The summed E-state index contributed by atoms with van der Waals surface area (Å²) >= 11 is 0. The van der Waals surface area contributed by atoms with Crippen LogP contribution < -0.4 is 5.73 Å². The molecule has 1 aromatic heterocycles. The Morgan fingerprint density at radius 3 is 3.00 bits per heavy atom. The molecule has 2 heterocycles. The van der Waals surface area contributed by atoms with Gasteiger partial charge in [-0.3, -0.25) is 0 Å². The van der Waals surface area contributed by atoms with Gasteiger partial charge in [0.15, 0.2) is 0 Å². The molecular weight excluding hydrogens is 166 g/mol. The van der Waals surface area contributed by atoms with Crippen molar-refractivity contribution in [3.8, 4) is 0 Å². The average molecular weight is 179 g/mol. The third-order valence-corrected chi connectivity index (χ3v) is 2.76. The zero-order valence-electron chi connectivity index (χ0n) is 7.49. The molecule has 4 nitrogen and oxygen atoms in total. The second-order valence-electron chi connectivity index (χ2n) is 3.79. The lowest BCUT2D eigenvalue weighted by molar-refractivity contribution is 0.108. The molecule has 1 aliphatic carbocycles. The number of hydrogen-bond donors (Lipinski definition) is 1. The molecule has 1 aliphatic heterocycles. The van der Waals surface area contributed by atoms with Crippen LogP contribution in [0.2, 0.25) is 0 Å². The molecule has 0 atom stereocenters. The Morgan fingerprint density at radius 2 is 2.31 bits per heavy atom. The lowest BCUT2D eigenvalue weighted by Crippen LogP contribution is -2.09. The summed E-state index contributed by atoms with van der Waals surface area (Å²) in [4.78, 5) is 0. The highest BCUT2D eigenvalue weighted by Gasteiger charge is 2.29. The Labute approximate surface area is 76.7 Å². The van der Waals surface area contributed by atoms with Crippen LogP contribution in [0.3, 0.4) is 0 Å². The van der Waals surface area contributed by atoms with Gasteiger partial charge in [0.2, 0.25) is 0 Å². The smallest absolute Gasteiger partial charge is 0.125 e. The van der Waals surface area contributed by atoms with Gasteiger partial charge in [0.1, 0.15) is 5.82 Å². The van der Waals surface area contributed by atoms with E-state index in [1.165, 1.54) is 18.4 Å². The van der Waals surface area contributed by atoms with Crippen molar-refractivity contribution in [3.63, 3.8) is 0 Å². The molecule has 4 heteroatoms. The fourth-order valence-electron chi connectivity index (χ4n) is 1.86. The summed E-state index contributed by atoms with van der Waals surface area (Å²) in [7, 11) is 0. The van der Waals surface area contributed by atoms with Crippen molar-refractivity contribution in [3.05, 3.63) is 11.3 Å². The van der Waals surface area contributed by atoms with Gasteiger partial charge in [0.25, 0.3) is 0 Å². The third kappa shape index (κ3) is 1.05. The molecule has 1 saturated carbocycles. The maximum atomic E-state index is 6.01. The van der Waals surface area contributed by atoms with Crippen molar-refractivity contribution in [2.75, 3.05) is 12.3 Å². The highest BCUT2D eigenvalue weighted by Crippen LogP contribution is 2.38. The fraction of sp³-hybridized carbons (Fsp3) is 0.667. The van der Waals surface area contributed by atoms with Crippen molar-refractivity contribution in [1.29, 1.82) is 0 Å². The molecule has 0 saturated heterocycles. The van der Waals surface area contributed by atoms with E-state index in [1.807, 2.05) is 4.68 Å². The van der Waals surface area contributed by atoms with E-state index in [-0.39, 0.29) is 0 Å². The van der Waals surface area contributed by atoms with Crippen molar-refractivity contribution in [1.82, 2.24) is 9.78 Å². The molecule has 0 bridgehead atoms. The van der Waals surface area contributed by atoms with Crippen LogP contribution in [0.15, 0.2) is 0 Å². The zero-order valence-corrected chi connectivity index (χ0v) is 7.49. The SMILES string of the molecule is Nc1c2c(nn1C1CC1)COCC2. The van der Waals surface area contributed by atoms with Gasteiger partial charge in [-0.1, -0.05) is 0 Å². The van der Waals surface area contributed by atoms with Crippen molar-refractivity contribution < 1.29 is 4.74 Å². The molecular formula is C9H13N3O. The first kappa shape index (κ1) is 7.38. The van der Waals surface area contributed by atoms with Crippen LogP contribution in [0, 0.1) is 0 Å². The summed E-state index contributed by atoms with van der Waals surface area (Å²) in [5.41, 5.74) is 8.28. The normalized spacial score (nSPS) is 21.5. The van der Waals surface area contributed by atoms with Crippen molar-refractivity contribution in [2.45, 2.75) is 31.9 Å². The Hall–Kier alpha value is -1.03. The number of anilines is 1. The summed E-state index contributed by atoms with van der Waals surface area (Å²) in [5.74, 6) is 0.876.